The molecule has 0 amide bonds. The molecule has 0 fully saturated rings. The van der Waals surface area contributed by atoms with Crippen LogP contribution in [0.1, 0.15) is 25.1 Å². The van der Waals surface area contributed by atoms with Crippen molar-refractivity contribution < 1.29 is 69.4 Å². The van der Waals surface area contributed by atoms with E-state index in [9.17, 15) is 18.1 Å². The Hall–Kier alpha value is 0.601. The Bertz CT molecular complexity index is 351. The van der Waals surface area contributed by atoms with Crippen LogP contribution in [0.4, 0.5) is 12.9 Å². The van der Waals surface area contributed by atoms with Crippen LogP contribution in [0.25, 0.3) is 0 Å². The van der Waals surface area contributed by atoms with Crippen molar-refractivity contribution in [1.82, 2.24) is 4.98 Å². The van der Waals surface area contributed by atoms with E-state index in [-0.39, 0.29) is 62.6 Å². The topological polar surface area (TPSA) is 33.1 Å². The van der Waals surface area contributed by atoms with Crippen LogP contribution in [0.3, 0.4) is 0 Å². The molecule has 1 rings (SSSR count). The molecule has 0 aromatic carbocycles. The fourth-order valence-electron chi connectivity index (χ4n) is 1.20. The quantitative estimate of drug-likeness (QED) is 0.722. The predicted octanol–water partition coefficient (Wildman–Crippen LogP) is -0.758. The first kappa shape index (κ1) is 16.6. The summed E-state index contributed by atoms with van der Waals surface area (Å²) in [6, 6.07) is 2.60. The van der Waals surface area contributed by atoms with Crippen LogP contribution in [-0.2, 0) is 11.9 Å². The van der Waals surface area contributed by atoms with E-state index < -0.39 is 18.9 Å². The smallest absolute Gasteiger partial charge is 0.449 e. The minimum Gasteiger partial charge on any atom is -0.449 e. The Balaban J connectivity index is 0.00000225. The molecule has 0 saturated carbocycles. The molecule has 1 aromatic heterocycles. The van der Waals surface area contributed by atoms with Gasteiger partial charge in [-0.2, -0.15) is 0 Å². The van der Waals surface area contributed by atoms with Gasteiger partial charge in [0.2, 0.25) is 0 Å². The normalized spacial score (nSPS) is 12.1. The molecule has 2 nitrogen and oxygen atoms in total. The van der Waals surface area contributed by atoms with E-state index in [1.807, 2.05) is 0 Å². The van der Waals surface area contributed by atoms with E-state index in [1.165, 1.54) is 32.2 Å². The number of pyridine rings is 1. The van der Waals surface area contributed by atoms with Crippen LogP contribution >= 0.6 is 0 Å². The zero-order valence-electron chi connectivity index (χ0n) is 9.54. The van der Waals surface area contributed by atoms with Crippen molar-refractivity contribution in [1.29, 1.82) is 0 Å². The summed E-state index contributed by atoms with van der Waals surface area (Å²) in [6.45, 7) is -1.88. The maximum atomic E-state index is 12.1. The minimum atomic E-state index is -4.85. The van der Waals surface area contributed by atoms with E-state index >= 15 is 0 Å². The molecular weight excluding hydrogens is 245 g/mol. The van der Waals surface area contributed by atoms with E-state index in [4.69, 9.17) is 0 Å². The first-order valence-corrected chi connectivity index (χ1v) is 4.57. The third-order valence-corrected chi connectivity index (χ3v) is 1.92. The first-order chi connectivity index (χ1) is 6.68. The van der Waals surface area contributed by atoms with Gasteiger partial charge in [-0.15, -0.1) is 0 Å². The zero-order chi connectivity index (χ0) is 11.7. The van der Waals surface area contributed by atoms with E-state index in [0.717, 1.165) is 0 Å². The Labute approximate surface area is 135 Å². The third-order valence-electron chi connectivity index (χ3n) is 1.92. The number of hydrogen-bond donors (Lipinski definition) is 1. The number of hydrogen-bond acceptors (Lipinski definition) is 2. The molecule has 84 valence electrons. The SMILES string of the molecule is CC(C)(O)c1cc(C[B-](F)(F)F)ccn1.[K+]. The minimum absolute atomic E-state index is 0. The number of nitrogens with zero attached hydrogens (tertiary/aromatic N) is 1. The van der Waals surface area contributed by atoms with Crippen LogP contribution in [-0.4, -0.2) is 17.1 Å². The van der Waals surface area contributed by atoms with E-state index in [2.05, 4.69) is 4.98 Å². The molecule has 1 aromatic rings. The van der Waals surface area contributed by atoms with E-state index in [1.54, 1.807) is 0 Å². The van der Waals surface area contributed by atoms with Crippen LogP contribution in [0.5, 0.6) is 0 Å². The number of rotatable bonds is 3. The van der Waals surface area contributed by atoms with Crippen molar-refractivity contribution in [3.05, 3.63) is 29.6 Å². The molecule has 7 heteroatoms. The van der Waals surface area contributed by atoms with Crippen LogP contribution < -0.4 is 51.4 Å². The Morgan fingerprint density at radius 2 is 1.94 bits per heavy atom. The number of aliphatic hydroxyl groups is 1. The second-order valence-corrected chi connectivity index (χ2v) is 4.02. The van der Waals surface area contributed by atoms with Gasteiger partial charge in [0.1, 0.15) is 5.60 Å². The molecule has 0 radical (unpaired) electrons. The zero-order valence-corrected chi connectivity index (χ0v) is 12.7. The number of aromatic nitrogens is 1. The summed E-state index contributed by atoms with van der Waals surface area (Å²) in [4.78, 5) is 3.83. The fourth-order valence-corrected chi connectivity index (χ4v) is 1.20. The summed E-state index contributed by atoms with van der Waals surface area (Å²) in [5.74, 6) is 0. The van der Waals surface area contributed by atoms with Gasteiger partial charge < -0.3 is 18.1 Å². The Morgan fingerprint density at radius 1 is 1.38 bits per heavy atom. The molecule has 0 aliphatic rings. The molecule has 0 bridgehead atoms. The largest absolute Gasteiger partial charge is 1.00 e. The summed E-state index contributed by atoms with van der Waals surface area (Å²) in [7, 11) is 0. The summed E-state index contributed by atoms with van der Waals surface area (Å²) in [6.07, 6.45) is 0.343. The summed E-state index contributed by atoms with van der Waals surface area (Å²) >= 11 is 0. The molecular formula is C9H12BF3KNO. The van der Waals surface area contributed by atoms with Gasteiger partial charge in [0, 0.05) is 6.20 Å². The second-order valence-electron chi connectivity index (χ2n) is 4.02. The van der Waals surface area contributed by atoms with Crippen molar-refractivity contribution in [2.75, 3.05) is 0 Å². The van der Waals surface area contributed by atoms with Gasteiger partial charge in [0.25, 0.3) is 0 Å². The molecule has 1 heterocycles. The summed E-state index contributed by atoms with van der Waals surface area (Å²) in [5.41, 5.74) is -0.830. The van der Waals surface area contributed by atoms with Gasteiger partial charge in [0.15, 0.2) is 0 Å². The van der Waals surface area contributed by atoms with Crippen molar-refractivity contribution in [2.24, 2.45) is 0 Å². The van der Waals surface area contributed by atoms with Gasteiger partial charge in [-0.05, 0) is 26.0 Å². The Kier molecular flexibility index (Phi) is 6.20. The predicted molar refractivity (Wildman–Crippen MR) is 52.3 cm³/mol. The number of halogens is 3. The van der Waals surface area contributed by atoms with Crippen LogP contribution in [0.15, 0.2) is 18.3 Å². The average molecular weight is 257 g/mol. The molecule has 0 unspecified atom stereocenters. The van der Waals surface area contributed by atoms with Gasteiger partial charge in [-0.3, -0.25) is 4.98 Å². The van der Waals surface area contributed by atoms with Crippen molar-refractivity contribution in [2.45, 2.75) is 25.8 Å². The van der Waals surface area contributed by atoms with Crippen LogP contribution in [0.2, 0.25) is 0 Å². The second kappa shape index (κ2) is 5.97. The molecule has 0 aliphatic heterocycles. The molecule has 16 heavy (non-hydrogen) atoms. The third kappa shape index (κ3) is 5.79. The fraction of sp³-hybridized carbons (Fsp3) is 0.444. The van der Waals surface area contributed by atoms with Crippen molar-refractivity contribution >= 4 is 6.98 Å². The standard InChI is InChI=1S/C9H12BF3NO.K/c1-9(2,15)8-5-7(3-4-14-8)6-10(11,12)13;/h3-5,15H,6H2,1-2H3;/q-1;+1. The molecule has 0 atom stereocenters. The maximum Gasteiger partial charge on any atom is 1.00 e. The molecule has 0 spiro atoms. The maximum absolute atomic E-state index is 12.1. The van der Waals surface area contributed by atoms with Crippen molar-refractivity contribution in [3.63, 3.8) is 0 Å². The van der Waals surface area contributed by atoms with Gasteiger partial charge in [-0.1, -0.05) is 11.9 Å². The van der Waals surface area contributed by atoms with E-state index in [0.29, 0.717) is 0 Å². The summed E-state index contributed by atoms with van der Waals surface area (Å²) in [5, 5.41) is 9.57. The van der Waals surface area contributed by atoms with Crippen molar-refractivity contribution in [3.8, 4) is 0 Å². The average Bonchev–Trinajstić information content (AvgIpc) is 1.99. The first-order valence-electron chi connectivity index (χ1n) is 4.57. The van der Waals surface area contributed by atoms with Crippen LogP contribution in [0, 0.1) is 0 Å². The molecule has 0 saturated heterocycles. The van der Waals surface area contributed by atoms with Gasteiger partial charge >= 0.3 is 58.4 Å². The van der Waals surface area contributed by atoms with Gasteiger partial charge in [-0.25, -0.2) is 0 Å². The monoisotopic (exact) mass is 257 g/mol. The summed E-state index contributed by atoms with van der Waals surface area (Å²) < 4.78 is 36.4. The van der Waals surface area contributed by atoms with Gasteiger partial charge in [0.05, 0.1) is 5.69 Å². The Morgan fingerprint density at radius 3 is 2.38 bits per heavy atom. The molecule has 1 N–H and O–H groups in total. The molecule has 0 aliphatic carbocycles.